The van der Waals surface area contributed by atoms with Crippen LogP contribution in [-0.2, 0) is 0 Å². The quantitative estimate of drug-likeness (QED) is 0.834. The second-order valence-corrected chi connectivity index (χ2v) is 4.29. The van der Waals surface area contributed by atoms with Crippen molar-refractivity contribution in [3.63, 3.8) is 0 Å². The lowest BCUT2D eigenvalue weighted by Gasteiger charge is -2.29. The minimum absolute atomic E-state index is 0.0793. The second kappa shape index (κ2) is 5.30. The van der Waals surface area contributed by atoms with Crippen molar-refractivity contribution in [1.82, 2.24) is 4.90 Å². The van der Waals surface area contributed by atoms with Crippen molar-refractivity contribution in [3.05, 3.63) is 29.8 Å². The van der Waals surface area contributed by atoms with Crippen LogP contribution in [0.25, 0.3) is 0 Å². The molecular formula is C12H14F2N2O2. The molecule has 0 bridgehead atoms. The van der Waals surface area contributed by atoms with Crippen molar-refractivity contribution >= 4 is 6.09 Å². The number of halogens is 2. The van der Waals surface area contributed by atoms with Crippen LogP contribution in [-0.4, -0.2) is 30.1 Å². The Balaban J connectivity index is 2.02. The summed E-state index contributed by atoms with van der Waals surface area (Å²) in [6.07, 6.45) is 0.993. The van der Waals surface area contributed by atoms with Crippen LogP contribution in [0.4, 0.5) is 13.6 Å². The Labute approximate surface area is 103 Å². The number of carbonyl (C=O) groups is 1. The van der Waals surface area contributed by atoms with Gasteiger partial charge in [0.15, 0.2) is 11.6 Å². The third kappa shape index (κ3) is 2.95. The number of hydrogen-bond acceptors (Lipinski definition) is 3. The maximum atomic E-state index is 13.3. The molecule has 0 radical (unpaired) electrons. The van der Waals surface area contributed by atoms with Crippen LogP contribution < -0.4 is 10.5 Å². The van der Waals surface area contributed by atoms with Crippen LogP contribution in [0.1, 0.15) is 12.8 Å². The molecule has 1 saturated heterocycles. The first-order valence-electron chi connectivity index (χ1n) is 5.73. The first-order valence-corrected chi connectivity index (χ1v) is 5.73. The van der Waals surface area contributed by atoms with E-state index in [0.29, 0.717) is 19.2 Å². The summed E-state index contributed by atoms with van der Waals surface area (Å²) in [5.74, 6) is -1.89. The number of ether oxygens (including phenoxy) is 1. The normalized spacial score (nSPS) is 19.7. The molecule has 98 valence electrons. The monoisotopic (exact) mass is 256 g/mol. The van der Waals surface area contributed by atoms with Gasteiger partial charge in [-0.2, -0.15) is 0 Å². The molecule has 4 nitrogen and oxygen atoms in total. The molecule has 1 aromatic carbocycles. The average molecular weight is 256 g/mol. The van der Waals surface area contributed by atoms with E-state index in [2.05, 4.69) is 0 Å². The Bertz CT molecular complexity index is 454. The Morgan fingerprint density at radius 1 is 1.44 bits per heavy atom. The number of rotatable bonds is 1. The smallest absolute Gasteiger partial charge is 0.407 e. The number of piperidine rings is 1. The standard InChI is InChI=1S/C12H14F2N2O2/c13-8-3-4-11(10(14)6-8)18-12(17)16-5-1-2-9(15)7-16/h3-4,6,9H,1-2,5,7,15H2. The molecule has 0 saturated carbocycles. The summed E-state index contributed by atoms with van der Waals surface area (Å²) in [5, 5.41) is 0. The zero-order valence-corrected chi connectivity index (χ0v) is 9.73. The lowest BCUT2D eigenvalue weighted by atomic mass is 10.1. The number of likely N-dealkylation sites (tertiary alicyclic amines) is 1. The van der Waals surface area contributed by atoms with Gasteiger partial charge in [-0.1, -0.05) is 0 Å². The molecule has 2 rings (SSSR count). The minimum Gasteiger partial charge on any atom is -0.407 e. The van der Waals surface area contributed by atoms with Gasteiger partial charge in [0, 0.05) is 25.2 Å². The number of nitrogens with zero attached hydrogens (tertiary/aromatic N) is 1. The highest BCUT2D eigenvalue weighted by molar-refractivity contribution is 5.70. The summed E-state index contributed by atoms with van der Waals surface area (Å²) in [4.78, 5) is 13.2. The van der Waals surface area contributed by atoms with E-state index >= 15 is 0 Å². The van der Waals surface area contributed by atoms with Crippen LogP contribution in [0.2, 0.25) is 0 Å². The van der Waals surface area contributed by atoms with E-state index in [1.54, 1.807) is 0 Å². The lowest BCUT2D eigenvalue weighted by molar-refractivity contribution is 0.136. The van der Waals surface area contributed by atoms with Crippen molar-refractivity contribution < 1.29 is 18.3 Å². The van der Waals surface area contributed by atoms with Crippen molar-refractivity contribution in [2.75, 3.05) is 13.1 Å². The topological polar surface area (TPSA) is 55.6 Å². The van der Waals surface area contributed by atoms with Gasteiger partial charge in [0.1, 0.15) is 5.82 Å². The highest BCUT2D eigenvalue weighted by atomic mass is 19.1. The molecule has 1 fully saturated rings. The zero-order valence-electron chi connectivity index (χ0n) is 9.73. The second-order valence-electron chi connectivity index (χ2n) is 4.29. The molecule has 0 spiro atoms. The van der Waals surface area contributed by atoms with E-state index < -0.39 is 17.7 Å². The average Bonchev–Trinajstić information content (AvgIpc) is 2.32. The predicted molar refractivity (Wildman–Crippen MR) is 61.2 cm³/mol. The van der Waals surface area contributed by atoms with Crippen LogP contribution in [0, 0.1) is 11.6 Å². The summed E-state index contributed by atoms with van der Waals surface area (Å²) in [7, 11) is 0. The van der Waals surface area contributed by atoms with E-state index in [1.807, 2.05) is 0 Å². The molecule has 1 amide bonds. The van der Waals surface area contributed by atoms with Gasteiger partial charge in [-0.15, -0.1) is 0 Å². The van der Waals surface area contributed by atoms with Crippen LogP contribution in [0.5, 0.6) is 5.75 Å². The van der Waals surface area contributed by atoms with Crippen LogP contribution in [0.3, 0.4) is 0 Å². The first kappa shape index (κ1) is 12.8. The third-order valence-corrected chi connectivity index (χ3v) is 2.81. The fraction of sp³-hybridized carbons (Fsp3) is 0.417. The number of amides is 1. The summed E-state index contributed by atoms with van der Waals surface area (Å²) < 4.78 is 30.9. The van der Waals surface area contributed by atoms with Gasteiger partial charge in [-0.25, -0.2) is 13.6 Å². The maximum Gasteiger partial charge on any atom is 0.415 e. The molecular weight excluding hydrogens is 242 g/mol. The Kier molecular flexibility index (Phi) is 3.76. The number of carbonyl (C=O) groups excluding carboxylic acids is 1. The summed E-state index contributed by atoms with van der Waals surface area (Å²) in [5.41, 5.74) is 5.73. The molecule has 18 heavy (non-hydrogen) atoms. The Hall–Kier alpha value is -1.69. The highest BCUT2D eigenvalue weighted by Crippen LogP contribution is 2.19. The molecule has 1 aliphatic heterocycles. The molecule has 1 aliphatic rings. The highest BCUT2D eigenvalue weighted by Gasteiger charge is 2.23. The largest absolute Gasteiger partial charge is 0.415 e. The molecule has 0 aliphatic carbocycles. The fourth-order valence-corrected chi connectivity index (χ4v) is 1.89. The zero-order chi connectivity index (χ0) is 13.1. The summed E-state index contributed by atoms with van der Waals surface area (Å²) >= 11 is 0. The molecule has 2 N–H and O–H groups in total. The van der Waals surface area contributed by atoms with Crippen LogP contribution in [0.15, 0.2) is 18.2 Å². The van der Waals surface area contributed by atoms with E-state index in [1.165, 1.54) is 4.90 Å². The van der Waals surface area contributed by atoms with Crippen molar-refractivity contribution in [2.24, 2.45) is 5.73 Å². The molecule has 1 aromatic rings. The predicted octanol–water partition coefficient (Wildman–Crippen LogP) is 1.89. The number of nitrogens with two attached hydrogens (primary N) is 1. The van der Waals surface area contributed by atoms with E-state index in [4.69, 9.17) is 10.5 Å². The van der Waals surface area contributed by atoms with E-state index in [-0.39, 0.29) is 11.8 Å². The molecule has 0 aromatic heterocycles. The maximum absolute atomic E-state index is 13.3. The van der Waals surface area contributed by atoms with Gasteiger partial charge in [-0.3, -0.25) is 0 Å². The fourth-order valence-electron chi connectivity index (χ4n) is 1.89. The molecule has 1 unspecified atom stereocenters. The van der Waals surface area contributed by atoms with Gasteiger partial charge < -0.3 is 15.4 Å². The Morgan fingerprint density at radius 3 is 2.89 bits per heavy atom. The minimum atomic E-state index is -0.898. The van der Waals surface area contributed by atoms with E-state index in [9.17, 15) is 13.6 Å². The lowest BCUT2D eigenvalue weighted by Crippen LogP contribution is -2.46. The summed E-state index contributed by atoms with van der Waals surface area (Å²) in [6, 6.07) is 2.72. The van der Waals surface area contributed by atoms with Gasteiger partial charge in [0.05, 0.1) is 0 Å². The van der Waals surface area contributed by atoms with Gasteiger partial charge in [0.2, 0.25) is 0 Å². The van der Waals surface area contributed by atoms with Gasteiger partial charge >= 0.3 is 6.09 Å². The van der Waals surface area contributed by atoms with E-state index in [0.717, 1.165) is 25.0 Å². The van der Waals surface area contributed by atoms with Crippen molar-refractivity contribution in [2.45, 2.75) is 18.9 Å². The van der Waals surface area contributed by atoms with Gasteiger partial charge in [0.25, 0.3) is 0 Å². The number of benzene rings is 1. The third-order valence-electron chi connectivity index (χ3n) is 2.81. The van der Waals surface area contributed by atoms with Crippen molar-refractivity contribution in [1.29, 1.82) is 0 Å². The van der Waals surface area contributed by atoms with Gasteiger partial charge in [-0.05, 0) is 25.0 Å². The molecule has 6 heteroatoms. The molecule has 1 heterocycles. The molecule has 1 atom stereocenters. The Morgan fingerprint density at radius 2 is 2.22 bits per heavy atom. The summed E-state index contributed by atoms with van der Waals surface area (Å²) in [6.45, 7) is 0.928. The SMILES string of the molecule is NC1CCCN(C(=O)Oc2ccc(F)cc2F)C1. The van der Waals surface area contributed by atoms with Crippen LogP contribution >= 0.6 is 0 Å². The first-order chi connectivity index (χ1) is 8.56. The number of hydrogen-bond donors (Lipinski definition) is 1. The van der Waals surface area contributed by atoms with Crippen molar-refractivity contribution in [3.8, 4) is 5.75 Å².